The lowest BCUT2D eigenvalue weighted by Gasteiger charge is -2.12. The van der Waals surface area contributed by atoms with Crippen LogP contribution in [-0.4, -0.2) is 11.5 Å². The van der Waals surface area contributed by atoms with Gasteiger partial charge in [-0.3, -0.25) is 0 Å². The van der Waals surface area contributed by atoms with Gasteiger partial charge in [-0.25, -0.2) is 4.98 Å². The number of halogens is 3. The molecule has 0 aliphatic carbocycles. The Kier molecular flexibility index (Phi) is 4.12. The summed E-state index contributed by atoms with van der Waals surface area (Å²) in [5.41, 5.74) is 6.22. The summed E-state index contributed by atoms with van der Waals surface area (Å²) in [5, 5.41) is 2.91. The van der Waals surface area contributed by atoms with Crippen LogP contribution in [0.15, 0.2) is 42.6 Å². The molecule has 1 aromatic carbocycles. The van der Waals surface area contributed by atoms with Gasteiger partial charge in [0, 0.05) is 6.54 Å². The predicted octanol–water partition coefficient (Wildman–Crippen LogP) is 3.34. The minimum Gasteiger partial charge on any atom is -0.396 e. The average Bonchev–Trinajstić information content (AvgIpc) is 2.41. The lowest BCUT2D eigenvalue weighted by molar-refractivity contribution is -0.141. The van der Waals surface area contributed by atoms with Crippen LogP contribution in [0.3, 0.4) is 0 Å². The van der Waals surface area contributed by atoms with Crippen molar-refractivity contribution >= 4 is 11.4 Å². The highest BCUT2D eigenvalue weighted by Gasteiger charge is 2.32. The Hall–Kier alpha value is -2.24. The van der Waals surface area contributed by atoms with Gasteiger partial charge in [-0.2, -0.15) is 13.2 Å². The van der Waals surface area contributed by atoms with E-state index in [2.05, 4.69) is 10.3 Å². The fraction of sp³-hybridized carbons (Fsp3) is 0.214. The largest absolute Gasteiger partial charge is 0.433 e. The average molecular weight is 281 g/mol. The van der Waals surface area contributed by atoms with E-state index >= 15 is 0 Å². The van der Waals surface area contributed by atoms with Crippen molar-refractivity contribution in [2.75, 3.05) is 17.6 Å². The van der Waals surface area contributed by atoms with Gasteiger partial charge < -0.3 is 11.1 Å². The van der Waals surface area contributed by atoms with Crippen molar-refractivity contribution in [1.29, 1.82) is 0 Å². The molecule has 0 unspecified atom stereocenters. The molecular formula is C14H14F3N3. The first-order chi connectivity index (χ1) is 9.47. The number of nitrogens with two attached hydrogens (primary N) is 1. The molecule has 0 radical (unpaired) electrons. The third kappa shape index (κ3) is 3.63. The number of hydrogen-bond donors (Lipinski definition) is 2. The van der Waals surface area contributed by atoms with Crippen LogP contribution in [0.5, 0.6) is 0 Å². The zero-order valence-corrected chi connectivity index (χ0v) is 10.6. The summed E-state index contributed by atoms with van der Waals surface area (Å²) < 4.78 is 37.7. The van der Waals surface area contributed by atoms with Crippen LogP contribution >= 0.6 is 0 Å². The van der Waals surface area contributed by atoms with Crippen molar-refractivity contribution in [3.05, 3.63) is 53.9 Å². The Bertz CT molecular complexity index is 568. The van der Waals surface area contributed by atoms with Gasteiger partial charge in [-0.1, -0.05) is 30.3 Å². The maximum atomic E-state index is 12.6. The summed E-state index contributed by atoms with van der Waals surface area (Å²) in [6, 6.07) is 10.6. The number of rotatable bonds is 4. The number of alkyl halides is 3. The van der Waals surface area contributed by atoms with Crippen molar-refractivity contribution in [2.45, 2.75) is 12.6 Å². The van der Waals surface area contributed by atoms with Crippen LogP contribution in [0, 0.1) is 0 Å². The van der Waals surface area contributed by atoms with E-state index in [0.29, 0.717) is 13.0 Å². The van der Waals surface area contributed by atoms with Gasteiger partial charge in [0.05, 0.1) is 17.6 Å². The Morgan fingerprint density at radius 1 is 1.15 bits per heavy atom. The van der Waals surface area contributed by atoms with Gasteiger partial charge in [0.1, 0.15) is 5.69 Å². The second-order valence-electron chi connectivity index (χ2n) is 4.32. The van der Waals surface area contributed by atoms with Gasteiger partial charge >= 0.3 is 6.18 Å². The molecule has 1 aromatic heterocycles. The highest BCUT2D eigenvalue weighted by Crippen LogP contribution is 2.30. The molecule has 1 heterocycles. The smallest absolute Gasteiger partial charge is 0.396 e. The number of nitrogens with one attached hydrogen (secondary N) is 1. The summed E-state index contributed by atoms with van der Waals surface area (Å²) in [6.07, 6.45) is -2.75. The van der Waals surface area contributed by atoms with Crippen molar-refractivity contribution in [2.24, 2.45) is 0 Å². The molecule has 6 heteroatoms. The monoisotopic (exact) mass is 281 g/mol. The molecule has 2 rings (SSSR count). The predicted molar refractivity (Wildman–Crippen MR) is 72.3 cm³/mol. The first-order valence-electron chi connectivity index (χ1n) is 6.07. The molecule has 0 fully saturated rings. The standard InChI is InChI=1S/C14H14F3N3/c15-14(16,17)13-8-12(11(18)9-20-13)19-7-6-10-4-2-1-3-5-10/h1-5,8-9H,6-7,18H2,(H,19,20). The highest BCUT2D eigenvalue weighted by molar-refractivity contribution is 5.65. The summed E-state index contributed by atoms with van der Waals surface area (Å²) >= 11 is 0. The molecule has 20 heavy (non-hydrogen) atoms. The molecule has 2 aromatic rings. The molecule has 0 atom stereocenters. The Balaban J connectivity index is 2.02. The first kappa shape index (κ1) is 14.2. The van der Waals surface area contributed by atoms with E-state index in [1.807, 2.05) is 30.3 Å². The van der Waals surface area contributed by atoms with E-state index in [1.165, 1.54) is 0 Å². The molecule has 0 saturated carbocycles. The molecule has 3 nitrogen and oxygen atoms in total. The maximum absolute atomic E-state index is 12.6. The van der Waals surface area contributed by atoms with Crippen LogP contribution in [0.4, 0.5) is 24.5 Å². The van der Waals surface area contributed by atoms with E-state index in [4.69, 9.17) is 5.73 Å². The Labute approximate surface area is 114 Å². The zero-order chi connectivity index (χ0) is 14.6. The molecule has 0 aliphatic rings. The minimum atomic E-state index is -4.47. The Morgan fingerprint density at radius 2 is 1.85 bits per heavy atom. The second-order valence-corrected chi connectivity index (χ2v) is 4.32. The minimum absolute atomic E-state index is 0.200. The van der Waals surface area contributed by atoms with Crippen LogP contribution in [-0.2, 0) is 12.6 Å². The number of pyridine rings is 1. The third-order valence-corrected chi connectivity index (χ3v) is 2.80. The van der Waals surface area contributed by atoms with Gasteiger partial charge in [0.25, 0.3) is 0 Å². The van der Waals surface area contributed by atoms with E-state index in [9.17, 15) is 13.2 Å². The second kappa shape index (κ2) is 5.81. The number of aromatic nitrogens is 1. The normalized spacial score (nSPS) is 11.3. The summed E-state index contributed by atoms with van der Waals surface area (Å²) in [4.78, 5) is 3.29. The molecule has 0 spiro atoms. The number of benzene rings is 1. The number of nitrogens with zero attached hydrogens (tertiary/aromatic N) is 1. The van der Waals surface area contributed by atoms with Crippen molar-refractivity contribution in [3.63, 3.8) is 0 Å². The molecule has 0 aliphatic heterocycles. The molecular weight excluding hydrogens is 267 g/mol. The van der Waals surface area contributed by atoms with Crippen LogP contribution in [0.25, 0.3) is 0 Å². The quantitative estimate of drug-likeness (QED) is 0.903. The number of nitrogen functional groups attached to an aromatic ring is 1. The molecule has 0 bridgehead atoms. The van der Waals surface area contributed by atoms with E-state index in [1.54, 1.807) is 0 Å². The van der Waals surface area contributed by atoms with Crippen LogP contribution in [0.2, 0.25) is 0 Å². The number of anilines is 2. The fourth-order valence-corrected chi connectivity index (χ4v) is 1.76. The van der Waals surface area contributed by atoms with Gasteiger partial charge in [-0.05, 0) is 18.1 Å². The summed E-state index contributed by atoms with van der Waals surface area (Å²) in [5.74, 6) is 0. The van der Waals surface area contributed by atoms with Crippen molar-refractivity contribution in [1.82, 2.24) is 4.98 Å². The van der Waals surface area contributed by atoms with Crippen LogP contribution in [0.1, 0.15) is 11.3 Å². The SMILES string of the molecule is Nc1cnc(C(F)(F)F)cc1NCCc1ccccc1. The molecule has 106 valence electrons. The number of hydrogen-bond acceptors (Lipinski definition) is 3. The highest BCUT2D eigenvalue weighted by atomic mass is 19.4. The molecule has 3 N–H and O–H groups in total. The first-order valence-corrected chi connectivity index (χ1v) is 6.07. The topological polar surface area (TPSA) is 50.9 Å². The summed E-state index contributed by atoms with van der Waals surface area (Å²) in [7, 11) is 0. The fourth-order valence-electron chi connectivity index (χ4n) is 1.76. The van der Waals surface area contributed by atoms with E-state index < -0.39 is 11.9 Å². The Morgan fingerprint density at radius 3 is 2.50 bits per heavy atom. The van der Waals surface area contributed by atoms with E-state index in [0.717, 1.165) is 17.8 Å². The van der Waals surface area contributed by atoms with Gasteiger partial charge in [-0.15, -0.1) is 0 Å². The van der Waals surface area contributed by atoms with Gasteiger partial charge in [0.15, 0.2) is 0 Å². The van der Waals surface area contributed by atoms with Crippen molar-refractivity contribution < 1.29 is 13.2 Å². The van der Waals surface area contributed by atoms with Gasteiger partial charge in [0.2, 0.25) is 0 Å². The molecule has 0 amide bonds. The lowest BCUT2D eigenvalue weighted by Crippen LogP contribution is -2.12. The van der Waals surface area contributed by atoms with E-state index in [-0.39, 0.29) is 11.4 Å². The third-order valence-electron chi connectivity index (χ3n) is 2.80. The molecule has 0 saturated heterocycles. The summed E-state index contributed by atoms with van der Waals surface area (Å²) in [6.45, 7) is 0.496. The van der Waals surface area contributed by atoms with Crippen molar-refractivity contribution in [3.8, 4) is 0 Å². The van der Waals surface area contributed by atoms with Crippen LogP contribution < -0.4 is 11.1 Å². The lowest BCUT2D eigenvalue weighted by atomic mass is 10.1. The zero-order valence-electron chi connectivity index (χ0n) is 10.6. The maximum Gasteiger partial charge on any atom is 0.433 e.